The summed E-state index contributed by atoms with van der Waals surface area (Å²) in [6, 6.07) is 6.48. The first kappa shape index (κ1) is 10.0. The molecule has 1 aliphatic rings. The van der Waals surface area contributed by atoms with Crippen molar-refractivity contribution < 1.29 is 4.39 Å². The van der Waals surface area contributed by atoms with Crippen molar-refractivity contribution in [3.05, 3.63) is 53.7 Å². The summed E-state index contributed by atoms with van der Waals surface area (Å²) in [6.07, 6.45) is 3.39. The first-order valence-corrected chi connectivity index (χ1v) is 5.35. The lowest BCUT2D eigenvalue weighted by atomic mass is 10.0. The maximum Gasteiger partial charge on any atom is 0.226 e. The van der Waals surface area contributed by atoms with Gasteiger partial charge >= 0.3 is 0 Å². The molecular weight excluding hydrogens is 219 g/mol. The zero-order valence-electron chi connectivity index (χ0n) is 9.26. The lowest BCUT2D eigenvalue weighted by molar-refractivity contribution is 0.547. The third kappa shape index (κ3) is 1.60. The smallest absolute Gasteiger partial charge is 0.226 e. The van der Waals surface area contributed by atoms with Crippen LogP contribution in [0.25, 0.3) is 0 Å². The topological polar surface area (TPSA) is 42.7 Å². The van der Waals surface area contributed by atoms with Gasteiger partial charge in [-0.3, -0.25) is 0 Å². The third-order valence-corrected chi connectivity index (χ3v) is 2.78. The SMILES string of the molecule is CC1=CC(c2ccccc2F)n2ncnc2N1. The fourth-order valence-corrected chi connectivity index (χ4v) is 2.01. The van der Waals surface area contributed by atoms with Crippen molar-refractivity contribution in [1.29, 1.82) is 0 Å². The number of halogens is 1. The number of hydrogen-bond donors (Lipinski definition) is 1. The summed E-state index contributed by atoms with van der Waals surface area (Å²) in [5, 5.41) is 7.21. The van der Waals surface area contributed by atoms with Crippen molar-refractivity contribution in [2.75, 3.05) is 5.32 Å². The maximum absolute atomic E-state index is 13.8. The molecule has 2 aromatic rings. The first-order chi connectivity index (χ1) is 8.25. The molecule has 5 heteroatoms. The highest BCUT2D eigenvalue weighted by atomic mass is 19.1. The number of aromatic nitrogens is 3. The van der Waals surface area contributed by atoms with E-state index in [-0.39, 0.29) is 11.9 Å². The van der Waals surface area contributed by atoms with Crippen LogP contribution in [-0.2, 0) is 0 Å². The number of benzene rings is 1. The highest BCUT2D eigenvalue weighted by Crippen LogP contribution is 2.29. The molecule has 1 atom stereocenters. The lowest BCUT2D eigenvalue weighted by Crippen LogP contribution is -2.20. The van der Waals surface area contributed by atoms with Crippen molar-refractivity contribution in [2.45, 2.75) is 13.0 Å². The Morgan fingerprint density at radius 1 is 1.35 bits per heavy atom. The molecule has 3 rings (SSSR count). The largest absolute Gasteiger partial charge is 0.329 e. The van der Waals surface area contributed by atoms with E-state index in [2.05, 4.69) is 15.4 Å². The third-order valence-electron chi connectivity index (χ3n) is 2.78. The minimum absolute atomic E-state index is 0.232. The number of fused-ring (bicyclic) bond motifs is 1. The molecule has 0 spiro atoms. The van der Waals surface area contributed by atoms with Gasteiger partial charge in [-0.1, -0.05) is 18.2 Å². The van der Waals surface area contributed by atoms with Gasteiger partial charge in [-0.05, 0) is 19.1 Å². The van der Waals surface area contributed by atoms with Crippen molar-refractivity contribution in [1.82, 2.24) is 14.8 Å². The molecule has 0 saturated carbocycles. The van der Waals surface area contributed by atoms with Gasteiger partial charge in [0.25, 0.3) is 0 Å². The van der Waals surface area contributed by atoms with Gasteiger partial charge in [0, 0.05) is 11.3 Å². The summed E-state index contributed by atoms with van der Waals surface area (Å²) in [7, 11) is 0. The molecule has 2 heterocycles. The molecule has 0 amide bonds. The van der Waals surface area contributed by atoms with Gasteiger partial charge in [-0.25, -0.2) is 9.07 Å². The van der Waals surface area contributed by atoms with Crippen LogP contribution < -0.4 is 5.32 Å². The van der Waals surface area contributed by atoms with Gasteiger partial charge < -0.3 is 5.32 Å². The zero-order chi connectivity index (χ0) is 11.8. The average Bonchev–Trinajstić information content (AvgIpc) is 2.76. The van der Waals surface area contributed by atoms with Gasteiger partial charge in [0.15, 0.2) is 0 Å². The van der Waals surface area contributed by atoms with Crippen LogP contribution in [0.1, 0.15) is 18.5 Å². The van der Waals surface area contributed by atoms with Crippen LogP contribution in [0.2, 0.25) is 0 Å². The summed E-state index contributed by atoms with van der Waals surface area (Å²) in [5.41, 5.74) is 1.54. The molecule has 4 nitrogen and oxygen atoms in total. The van der Waals surface area contributed by atoms with E-state index in [9.17, 15) is 4.39 Å². The Kier molecular flexibility index (Phi) is 2.18. The van der Waals surface area contributed by atoms with Crippen LogP contribution >= 0.6 is 0 Å². The molecule has 1 aromatic carbocycles. The van der Waals surface area contributed by atoms with Gasteiger partial charge in [0.1, 0.15) is 18.2 Å². The summed E-state index contributed by atoms with van der Waals surface area (Å²) in [6.45, 7) is 1.92. The average molecular weight is 230 g/mol. The molecule has 86 valence electrons. The maximum atomic E-state index is 13.8. The Bertz CT molecular complexity index is 588. The molecule has 0 saturated heterocycles. The predicted molar refractivity (Wildman–Crippen MR) is 61.9 cm³/mol. The molecule has 1 aliphatic heterocycles. The van der Waals surface area contributed by atoms with Crippen LogP contribution in [0.3, 0.4) is 0 Å². The zero-order valence-corrected chi connectivity index (χ0v) is 9.26. The van der Waals surface area contributed by atoms with Crippen LogP contribution in [0.15, 0.2) is 42.4 Å². The van der Waals surface area contributed by atoms with Gasteiger partial charge in [0.05, 0.1) is 0 Å². The van der Waals surface area contributed by atoms with E-state index in [0.29, 0.717) is 11.5 Å². The van der Waals surface area contributed by atoms with Crippen LogP contribution in [0.5, 0.6) is 0 Å². The molecule has 0 bridgehead atoms. The number of allylic oxidation sites excluding steroid dienone is 2. The second-order valence-electron chi connectivity index (χ2n) is 3.97. The second kappa shape index (κ2) is 3.69. The lowest BCUT2D eigenvalue weighted by Gasteiger charge is -2.22. The molecule has 1 N–H and O–H groups in total. The fraction of sp³-hybridized carbons (Fsp3) is 0.167. The van der Waals surface area contributed by atoms with Crippen molar-refractivity contribution in [3.63, 3.8) is 0 Å². The molecule has 0 aliphatic carbocycles. The van der Waals surface area contributed by atoms with E-state index in [4.69, 9.17) is 0 Å². The van der Waals surface area contributed by atoms with E-state index in [1.807, 2.05) is 19.1 Å². The number of nitrogens with one attached hydrogen (secondary N) is 1. The number of hydrogen-bond acceptors (Lipinski definition) is 3. The number of rotatable bonds is 1. The summed E-state index contributed by atoms with van der Waals surface area (Å²) in [4.78, 5) is 4.09. The summed E-state index contributed by atoms with van der Waals surface area (Å²) in [5.74, 6) is 0.406. The fourth-order valence-electron chi connectivity index (χ4n) is 2.01. The monoisotopic (exact) mass is 230 g/mol. The molecule has 17 heavy (non-hydrogen) atoms. The number of nitrogens with zero attached hydrogens (tertiary/aromatic N) is 3. The predicted octanol–water partition coefficient (Wildman–Crippen LogP) is 2.34. The van der Waals surface area contributed by atoms with Crippen molar-refractivity contribution >= 4 is 5.95 Å². The Hall–Kier alpha value is -2.17. The van der Waals surface area contributed by atoms with Crippen LogP contribution in [0.4, 0.5) is 10.3 Å². The Balaban J connectivity index is 2.14. The van der Waals surface area contributed by atoms with Gasteiger partial charge in [0.2, 0.25) is 5.95 Å². The molecule has 1 unspecified atom stereocenters. The minimum Gasteiger partial charge on any atom is -0.329 e. The molecule has 0 fully saturated rings. The highest BCUT2D eigenvalue weighted by molar-refractivity contribution is 5.42. The molecule has 1 aromatic heterocycles. The normalized spacial score (nSPS) is 18.2. The summed E-state index contributed by atoms with van der Waals surface area (Å²) < 4.78 is 15.5. The molecular formula is C12H11FN4. The quantitative estimate of drug-likeness (QED) is 0.817. The van der Waals surface area contributed by atoms with Crippen LogP contribution in [-0.4, -0.2) is 14.8 Å². The summed E-state index contributed by atoms with van der Waals surface area (Å²) >= 11 is 0. The Morgan fingerprint density at radius 2 is 2.18 bits per heavy atom. The number of anilines is 1. The van der Waals surface area contributed by atoms with E-state index in [0.717, 1.165) is 5.70 Å². The van der Waals surface area contributed by atoms with Crippen molar-refractivity contribution in [2.24, 2.45) is 0 Å². The molecule has 0 radical (unpaired) electrons. The van der Waals surface area contributed by atoms with Crippen molar-refractivity contribution in [3.8, 4) is 0 Å². The second-order valence-corrected chi connectivity index (χ2v) is 3.97. The first-order valence-electron chi connectivity index (χ1n) is 5.35. The van der Waals surface area contributed by atoms with E-state index in [1.165, 1.54) is 12.4 Å². The van der Waals surface area contributed by atoms with Gasteiger partial charge in [-0.15, -0.1) is 0 Å². The van der Waals surface area contributed by atoms with E-state index >= 15 is 0 Å². The van der Waals surface area contributed by atoms with E-state index < -0.39 is 0 Å². The minimum atomic E-state index is -0.241. The standard InChI is InChI=1S/C12H11FN4/c1-8-6-11(9-4-2-3-5-10(9)13)17-12(16-8)14-7-15-17/h2-7,11H,1H3,(H,14,15,16). The van der Waals surface area contributed by atoms with Crippen LogP contribution in [0, 0.1) is 5.82 Å². The van der Waals surface area contributed by atoms with E-state index in [1.54, 1.807) is 16.8 Å². The Morgan fingerprint density at radius 3 is 3.00 bits per heavy atom. The Labute approximate surface area is 97.8 Å². The van der Waals surface area contributed by atoms with Gasteiger partial charge in [-0.2, -0.15) is 10.1 Å². The highest BCUT2D eigenvalue weighted by Gasteiger charge is 2.23.